The molecule has 4 bridgehead atoms. The van der Waals surface area contributed by atoms with Gasteiger partial charge in [0.15, 0.2) is 0 Å². The Morgan fingerprint density at radius 1 is 0.576 bits per heavy atom. The molecule has 14 rings (SSSR count). The summed E-state index contributed by atoms with van der Waals surface area (Å²) in [6.07, 6.45) is 0.300. The van der Waals surface area contributed by atoms with Crippen molar-refractivity contribution in [1.82, 2.24) is 41.2 Å². The molecular formula is C92H126F2N10O14. The number of hydroxylamine groups is 4. The summed E-state index contributed by atoms with van der Waals surface area (Å²) in [6.45, 7) is 14.3. The Kier molecular flexibility index (Phi) is 28.9. The summed E-state index contributed by atoms with van der Waals surface area (Å²) in [7, 11) is 14.4. The normalized spacial score (nSPS) is 26.8. The van der Waals surface area contributed by atoms with Crippen LogP contribution in [0.3, 0.4) is 0 Å². The third-order valence-corrected chi connectivity index (χ3v) is 27.0. The molecule has 1 unspecified atom stereocenters. The Morgan fingerprint density at radius 2 is 1.02 bits per heavy atom. The highest BCUT2D eigenvalue weighted by Crippen LogP contribution is 2.63. The first-order valence-corrected chi connectivity index (χ1v) is 42.0. The van der Waals surface area contributed by atoms with E-state index in [0.29, 0.717) is 90.0 Å². The first kappa shape index (κ1) is 89.0. The van der Waals surface area contributed by atoms with Crippen molar-refractivity contribution in [2.45, 2.75) is 161 Å². The van der Waals surface area contributed by atoms with Gasteiger partial charge in [-0.25, -0.2) is 8.78 Å². The first-order valence-electron chi connectivity index (χ1n) is 42.0. The van der Waals surface area contributed by atoms with Gasteiger partial charge in [-0.15, -0.1) is 0 Å². The number of hydrogen-bond donors (Lipinski definition) is 9. The number of amides is 4. The Morgan fingerprint density at radius 3 is 1.42 bits per heavy atom. The van der Waals surface area contributed by atoms with E-state index in [1.807, 2.05) is 135 Å². The van der Waals surface area contributed by atoms with Crippen LogP contribution in [0.4, 0.5) is 20.2 Å². The predicted octanol–water partition coefficient (Wildman–Crippen LogP) is 9.00. The van der Waals surface area contributed by atoms with Gasteiger partial charge in [-0.3, -0.25) is 28.9 Å². The molecule has 118 heavy (non-hydrogen) atoms. The molecule has 19 atom stereocenters. The first-order chi connectivity index (χ1) is 56.3. The zero-order valence-electron chi connectivity index (χ0n) is 71.3. The molecule has 6 aromatic rings. The SMILES string of the molecule is COc1c(-c2cc(C(=O)N[C@@H](Cc3ccccc3)CN(C)C)cc(N(C)C)c2)ccc(F)c1CN1O[C@@H](CO)[C@@H]([C@H](C)O)[C@H]1C(=O)N[C@H]1C[C@H]2C[C@@H]([C@@H]1C)C2(C)COCCN(CCO)c1cc(C(=O)N[C@@H](Cc2ccccc2)CN(C)C)cc(-c2ccc(F)c(CN3O[C@@H](CO)[C@H]([C@H](C)O)[C@H]3C(=O)N[C@H]3C[C@H]4C[C@@H]([C@@H]3C)C4(C)C)c2OC)c1. The number of hydrogen-bond acceptors (Lipinski definition) is 20. The third-order valence-electron chi connectivity index (χ3n) is 27.0. The average Bonchev–Trinajstić information content (AvgIpc) is 0.933. The minimum atomic E-state index is -1.18. The second kappa shape index (κ2) is 38.2. The van der Waals surface area contributed by atoms with Crippen LogP contribution in [0, 0.1) is 69.8 Å². The molecule has 26 heteroatoms. The van der Waals surface area contributed by atoms with Gasteiger partial charge in [0, 0.05) is 121 Å². The molecule has 8 aliphatic rings. The van der Waals surface area contributed by atoms with E-state index in [1.54, 1.807) is 50.2 Å². The highest BCUT2D eigenvalue weighted by molar-refractivity contribution is 5.98. The fraction of sp³-hybridized carbons (Fsp3) is 0.565. The van der Waals surface area contributed by atoms with Crippen LogP contribution in [0.25, 0.3) is 22.3 Å². The standard InChI is InChI=1S/C92H126F2N10O14/c1-53-73-42-63(91(73,5)6)44-77(53)97-89(112)83-81(55(3)108)79(50-106)117-103(83)49-72-76(94)29-27-70(86(72)115-15)60-37-62(88(111)96-66(47-100(10)11)35-58-24-20-17-21-25-58)41-68(39-60)102(30-32-105)31-33-116-52-92(7)64-43-74(92)54(2)78(45-64)98-90(113)84-82(56(4)109)80(51-107)118-104(84)48-71-75(93)28-26-69(85(71)114-14)59-36-61(40-67(38-59)101(12)13)87(110)95-65(46-99(8)9)34-57-22-18-16-19-23-57/h16-29,36-41,53-56,63-66,73-74,77-84,105-109H,30-35,42-52H2,1-15H3,(H,95,110)(H,96,111)(H,97,112)(H,98,113)/t53-,54-,55-,56-,63+,64+,65-,66-,73-,74-,77-,78-,79-,80-,81-,82+,83-,84-,92?/m0/s1. The summed E-state index contributed by atoms with van der Waals surface area (Å²) in [6, 6.07) is 33.2. The fourth-order valence-corrected chi connectivity index (χ4v) is 20.5. The smallest absolute Gasteiger partial charge is 0.251 e. The highest BCUT2D eigenvalue weighted by Gasteiger charge is 2.61. The van der Waals surface area contributed by atoms with Gasteiger partial charge in [0.2, 0.25) is 11.8 Å². The highest BCUT2D eigenvalue weighted by atomic mass is 19.1. The van der Waals surface area contributed by atoms with Crippen molar-refractivity contribution in [2.75, 3.05) is 126 Å². The minimum Gasteiger partial charge on any atom is -0.496 e. The monoisotopic (exact) mass is 1630 g/mol. The molecule has 2 aliphatic heterocycles. The lowest BCUT2D eigenvalue weighted by atomic mass is 9.44. The van der Waals surface area contributed by atoms with E-state index in [0.717, 1.165) is 30.4 Å². The van der Waals surface area contributed by atoms with Crippen molar-refractivity contribution >= 4 is 35.0 Å². The topological polar surface area (TPSA) is 283 Å². The molecule has 0 aromatic heterocycles. The lowest BCUT2D eigenvalue weighted by Gasteiger charge is -2.63. The molecule has 4 amide bonds. The molecule has 8 fully saturated rings. The van der Waals surface area contributed by atoms with Crippen LogP contribution in [0.15, 0.2) is 121 Å². The number of nitrogens with one attached hydrogen (secondary N) is 4. The summed E-state index contributed by atoms with van der Waals surface area (Å²) in [5.74, 6) is -3.12. The number of ether oxygens (including phenoxy) is 3. The number of likely N-dealkylation sites (N-methyl/N-ethyl adjacent to an activating group) is 2. The third kappa shape index (κ3) is 19.2. The largest absolute Gasteiger partial charge is 0.496 e. The fourth-order valence-electron chi connectivity index (χ4n) is 20.5. The Bertz CT molecular complexity index is 4450. The van der Waals surface area contributed by atoms with Gasteiger partial charge in [0.1, 0.15) is 47.4 Å². The number of carbonyl (C=O) groups excluding carboxylic acids is 4. The van der Waals surface area contributed by atoms with Crippen molar-refractivity contribution < 1.29 is 77.4 Å². The van der Waals surface area contributed by atoms with Crippen LogP contribution in [0.1, 0.15) is 117 Å². The molecule has 642 valence electrons. The van der Waals surface area contributed by atoms with E-state index in [1.165, 1.54) is 36.5 Å². The van der Waals surface area contributed by atoms with Crippen molar-refractivity contribution in [3.8, 4) is 33.8 Å². The van der Waals surface area contributed by atoms with Crippen molar-refractivity contribution in [3.05, 3.63) is 166 Å². The molecule has 2 heterocycles. The number of anilines is 2. The van der Waals surface area contributed by atoms with Gasteiger partial charge in [0.25, 0.3) is 11.8 Å². The second-order valence-corrected chi connectivity index (χ2v) is 35.8. The maximum atomic E-state index is 16.9. The molecule has 0 spiro atoms. The maximum Gasteiger partial charge on any atom is 0.251 e. The number of benzene rings is 6. The summed E-state index contributed by atoms with van der Waals surface area (Å²) < 4.78 is 52.7. The minimum absolute atomic E-state index is 0.0365. The summed E-state index contributed by atoms with van der Waals surface area (Å²) in [5, 5.41) is 71.1. The van der Waals surface area contributed by atoms with E-state index >= 15 is 18.4 Å². The summed E-state index contributed by atoms with van der Waals surface area (Å²) in [4.78, 5) is 80.0. The Hall–Kier alpha value is -8.22. The van der Waals surface area contributed by atoms with Gasteiger partial charge in [0.05, 0.1) is 72.6 Å². The van der Waals surface area contributed by atoms with Crippen molar-refractivity contribution in [2.24, 2.45) is 58.2 Å². The zero-order chi connectivity index (χ0) is 84.9. The van der Waals surface area contributed by atoms with E-state index in [2.05, 4.69) is 55.9 Å². The van der Waals surface area contributed by atoms with Crippen LogP contribution in [0.5, 0.6) is 11.5 Å². The van der Waals surface area contributed by atoms with Gasteiger partial charge in [-0.2, -0.15) is 10.1 Å². The molecule has 6 aliphatic carbocycles. The van der Waals surface area contributed by atoms with Gasteiger partial charge in [-0.1, -0.05) is 95.3 Å². The maximum absolute atomic E-state index is 16.9. The van der Waals surface area contributed by atoms with Gasteiger partial charge in [-0.05, 0) is 210 Å². The lowest BCUT2D eigenvalue weighted by molar-refractivity contribution is -0.185. The number of aliphatic hydroxyl groups excluding tert-OH is 5. The molecular weight excluding hydrogens is 1510 g/mol. The molecule has 2 saturated heterocycles. The van der Waals surface area contributed by atoms with Crippen LogP contribution < -0.4 is 40.5 Å². The van der Waals surface area contributed by atoms with Crippen molar-refractivity contribution in [1.29, 1.82) is 0 Å². The molecule has 24 nitrogen and oxygen atoms in total. The van der Waals surface area contributed by atoms with Gasteiger partial charge >= 0.3 is 0 Å². The molecule has 9 N–H and O–H groups in total. The predicted molar refractivity (Wildman–Crippen MR) is 451 cm³/mol. The lowest BCUT2D eigenvalue weighted by Crippen LogP contribution is -2.64. The Balaban J connectivity index is 0.760. The van der Waals surface area contributed by atoms with Crippen LogP contribution in [-0.2, 0) is 49.9 Å². The van der Waals surface area contributed by atoms with E-state index in [4.69, 9.17) is 23.9 Å². The van der Waals surface area contributed by atoms with Crippen LogP contribution in [-0.4, -0.2) is 245 Å². The average molecular weight is 1630 g/mol. The van der Waals surface area contributed by atoms with Gasteiger partial charge < -0.3 is 80.6 Å². The second-order valence-electron chi connectivity index (χ2n) is 35.8. The summed E-state index contributed by atoms with van der Waals surface area (Å²) in [5.41, 5.74) is 5.94. The number of fused-ring (bicyclic) bond motifs is 4. The number of methoxy groups -OCH3 is 2. The number of carbonyl (C=O) groups is 4. The van der Waals surface area contributed by atoms with Crippen molar-refractivity contribution in [3.63, 3.8) is 0 Å². The number of nitrogens with zero attached hydrogens (tertiary/aromatic N) is 6. The van der Waals surface area contributed by atoms with E-state index in [9.17, 15) is 35.1 Å². The van der Waals surface area contributed by atoms with E-state index < -0.39 is 79.1 Å². The summed E-state index contributed by atoms with van der Waals surface area (Å²) >= 11 is 0. The molecule has 6 saturated carbocycles. The number of rotatable bonds is 37. The van der Waals surface area contributed by atoms with Crippen LogP contribution >= 0.6 is 0 Å². The molecule has 0 radical (unpaired) electrons. The number of halogens is 2. The van der Waals surface area contributed by atoms with E-state index in [-0.39, 0.29) is 144 Å². The molecule has 6 aromatic carbocycles. The Labute approximate surface area is 694 Å². The zero-order valence-corrected chi connectivity index (χ0v) is 71.3. The quantitative estimate of drug-likeness (QED) is 0.0164. The van der Waals surface area contributed by atoms with Crippen LogP contribution in [0.2, 0.25) is 0 Å². The number of aliphatic hydroxyl groups is 5.